The lowest BCUT2D eigenvalue weighted by atomic mass is 10.0. The van der Waals surface area contributed by atoms with Crippen molar-refractivity contribution in [2.24, 2.45) is 0 Å². The van der Waals surface area contributed by atoms with Gasteiger partial charge >= 0.3 is 12.2 Å². The van der Waals surface area contributed by atoms with Gasteiger partial charge in [0, 0.05) is 81.4 Å². The number of benzene rings is 4. The predicted octanol–water partition coefficient (Wildman–Crippen LogP) is 9.92. The zero-order valence-corrected chi connectivity index (χ0v) is 41.8. The van der Waals surface area contributed by atoms with Crippen LogP contribution in [0.1, 0.15) is 63.7 Å². The van der Waals surface area contributed by atoms with E-state index in [1.807, 2.05) is 60.7 Å². The van der Waals surface area contributed by atoms with Gasteiger partial charge in [-0.2, -0.15) is 0 Å². The van der Waals surface area contributed by atoms with E-state index in [9.17, 15) is 24.3 Å². The number of amides is 3. The number of aromatic amines is 1. The van der Waals surface area contributed by atoms with Gasteiger partial charge in [0.1, 0.15) is 17.6 Å². The Bertz CT molecular complexity index is 2580. The molecule has 1 aromatic heterocycles. The zero-order valence-electron chi connectivity index (χ0n) is 40.1. The summed E-state index contributed by atoms with van der Waals surface area (Å²) in [7, 11) is 0.972. The average molecular weight is 970 g/mol. The smallest absolute Gasteiger partial charge is 0.411 e. The molecule has 1 fully saturated rings. The number of hydrogen-bond acceptors (Lipinski definition) is 11. The number of nitrogens with one attached hydrogen (secondary N) is 4. The van der Waals surface area contributed by atoms with E-state index in [1.54, 1.807) is 36.2 Å². The quantitative estimate of drug-likeness (QED) is 0.0392. The summed E-state index contributed by atoms with van der Waals surface area (Å²) in [6.45, 7) is 14.1. The van der Waals surface area contributed by atoms with E-state index in [0.29, 0.717) is 93.0 Å². The Morgan fingerprint density at radius 1 is 0.941 bits per heavy atom. The standard InChI is InChI=1S/C51H65ClN6O9Si/c1-51(2,3)68(6,7)67-45(38-18-20-43(59)48-39(38)19-21-46(60)56-48)33-53-32-35-30-40(52)42(31-44(35)64-5)55-49(62)65-29-13-25-57(4)47(61)24-28-58-26-22-36(23-27-58)66-50(63)54-41-17-12-11-16-37(41)34-14-9-8-10-15-34/h8-12,14-21,30-31,36,45,53,59H,13,22-29,32-33H2,1-7H3,(H,54,63)(H,55,62)(H,56,60)/t45-/m0/s1. The Labute approximate surface area is 404 Å². The number of carbonyl (C=O) groups excluding carboxylic acids is 3. The van der Waals surface area contributed by atoms with E-state index in [4.69, 9.17) is 30.2 Å². The van der Waals surface area contributed by atoms with Gasteiger partial charge in [0.05, 0.1) is 41.7 Å². The molecule has 0 radical (unpaired) electrons. The summed E-state index contributed by atoms with van der Waals surface area (Å²) in [5, 5.41) is 20.6. The van der Waals surface area contributed by atoms with Crippen molar-refractivity contribution in [2.75, 3.05) is 64.1 Å². The van der Waals surface area contributed by atoms with Gasteiger partial charge in [-0.1, -0.05) is 87.0 Å². The highest BCUT2D eigenvalue weighted by molar-refractivity contribution is 6.74. The molecule has 0 spiro atoms. The molecule has 1 aliphatic rings. The minimum Gasteiger partial charge on any atom is -0.506 e. The lowest BCUT2D eigenvalue weighted by Gasteiger charge is -2.39. The Morgan fingerprint density at radius 2 is 1.65 bits per heavy atom. The Balaban J connectivity index is 0.912. The number of para-hydroxylation sites is 1. The normalized spacial score (nSPS) is 14.0. The average Bonchev–Trinajstić information content (AvgIpc) is 3.30. The summed E-state index contributed by atoms with van der Waals surface area (Å²) < 4.78 is 23.8. The van der Waals surface area contributed by atoms with Crippen LogP contribution in [0.5, 0.6) is 11.5 Å². The molecule has 1 aliphatic heterocycles. The fourth-order valence-corrected chi connectivity index (χ4v) is 9.34. The van der Waals surface area contributed by atoms with Crippen LogP contribution in [0.2, 0.25) is 23.2 Å². The molecule has 4 aromatic carbocycles. The van der Waals surface area contributed by atoms with Crippen LogP contribution in [0.25, 0.3) is 22.0 Å². The highest BCUT2D eigenvalue weighted by atomic mass is 35.5. The minimum absolute atomic E-state index is 0.0113. The molecular formula is C51H65ClN6O9Si. The van der Waals surface area contributed by atoms with Crippen molar-refractivity contribution in [3.63, 3.8) is 0 Å². The van der Waals surface area contributed by atoms with E-state index in [1.165, 1.54) is 13.2 Å². The molecule has 0 bridgehead atoms. The van der Waals surface area contributed by atoms with Crippen molar-refractivity contribution in [3.8, 4) is 22.6 Å². The third-order valence-corrected chi connectivity index (χ3v) is 17.5. The summed E-state index contributed by atoms with van der Waals surface area (Å²) in [6, 6.07) is 27.4. The van der Waals surface area contributed by atoms with Crippen molar-refractivity contribution in [1.82, 2.24) is 20.1 Å². The molecule has 3 amide bonds. The molecule has 6 rings (SSSR count). The highest BCUT2D eigenvalue weighted by Crippen LogP contribution is 2.41. The number of ether oxygens (including phenoxy) is 3. The van der Waals surface area contributed by atoms with Gasteiger partial charge in [-0.3, -0.25) is 20.2 Å². The molecule has 0 aliphatic carbocycles. The van der Waals surface area contributed by atoms with Gasteiger partial charge in [0.25, 0.3) is 0 Å². The number of methoxy groups -OCH3 is 1. The van der Waals surface area contributed by atoms with Crippen LogP contribution < -0.4 is 26.2 Å². The third-order valence-electron chi connectivity index (χ3n) is 12.7. The molecule has 1 saturated heterocycles. The minimum atomic E-state index is -2.30. The Hall–Kier alpha value is -5.91. The number of aromatic hydroxyl groups is 1. The number of pyridine rings is 1. The Kier molecular flexibility index (Phi) is 17.7. The van der Waals surface area contributed by atoms with E-state index >= 15 is 0 Å². The van der Waals surface area contributed by atoms with Gasteiger partial charge in [0.15, 0.2) is 8.32 Å². The molecule has 0 saturated carbocycles. The van der Waals surface area contributed by atoms with E-state index in [2.05, 4.69) is 59.7 Å². The van der Waals surface area contributed by atoms with Gasteiger partial charge in [-0.15, -0.1) is 0 Å². The lowest BCUT2D eigenvalue weighted by molar-refractivity contribution is -0.130. The second-order valence-corrected chi connectivity index (χ2v) is 23.8. The number of likely N-dealkylation sites (tertiary alicyclic amines) is 1. The fraction of sp³-hybridized carbons (Fsp3) is 0.412. The zero-order chi connectivity index (χ0) is 49.0. The van der Waals surface area contributed by atoms with E-state index in [0.717, 1.165) is 22.3 Å². The number of nitrogens with zero attached hydrogens (tertiary/aromatic N) is 2. The van der Waals surface area contributed by atoms with Crippen molar-refractivity contribution >= 4 is 60.3 Å². The first kappa shape index (κ1) is 51.5. The van der Waals surface area contributed by atoms with Crippen molar-refractivity contribution in [1.29, 1.82) is 0 Å². The van der Waals surface area contributed by atoms with Crippen LogP contribution in [0.15, 0.2) is 95.8 Å². The SMILES string of the molecule is COc1cc(NC(=O)OCCCN(C)C(=O)CCN2CCC(OC(=O)Nc3ccccc3-c3ccccc3)CC2)c(Cl)cc1CNC[C@H](O[Si](C)(C)C(C)(C)C)c1ccc(O)c2[nH]c(=O)ccc12. The predicted molar refractivity (Wildman–Crippen MR) is 270 cm³/mol. The van der Waals surface area contributed by atoms with E-state index in [-0.39, 0.29) is 40.0 Å². The summed E-state index contributed by atoms with van der Waals surface area (Å²) in [4.78, 5) is 57.3. The monoisotopic (exact) mass is 968 g/mol. The second-order valence-electron chi connectivity index (χ2n) is 18.6. The molecular weight excluding hydrogens is 904 g/mol. The third kappa shape index (κ3) is 13.8. The maximum absolute atomic E-state index is 13.0. The molecule has 5 N–H and O–H groups in total. The number of aromatic nitrogens is 1. The number of carbonyl (C=O) groups is 3. The van der Waals surface area contributed by atoms with Crippen LogP contribution in [0.4, 0.5) is 21.0 Å². The van der Waals surface area contributed by atoms with Gasteiger partial charge in [-0.05, 0) is 72.8 Å². The largest absolute Gasteiger partial charge is 0.506 e. The van der Waals surface area contributed by atoms with Crippen LogP contribution >= 0.6 is 11.6 Å². The molecule has 68 heavy (non-hydrogen) atoms. The number of phenolic OH excluding ortho intramolecular Hbond substituents is 1. The van der Waals surface area contributed by atoms with Gasteiger partial charge in [0.2, 0.25) is 11.5 Å². The fourth-order valence-electron chi connectivity index (χ4n) is 7.83. The molecule has 364 valence electrons. The lowest BCUT2D eigenvalue weighted by Crippen LogP contribution is -2.43. The molecule has 0 unspecified atom stereocenters. The van der Waals surface area contributed by atoms with E-state index < -0.39 is 26.6 Å². The van der Waals surface area contributed by atoms with Crippen molar-refractivity contribution < 1.29 is 38.1 Å². The number of phenols is 1. The maximum atomic E-state index is 13.0. The van der Waals surface area contributed by atoms with Crippen LogP contribution in [-0.2, 0) is 25.2 Å². The number of H-pyrrole nitrogens is 1. The molecule has 5 aromatic rings. The number of rotatable bonds is 19. The molecule has 1 atom stereocenters. The van der Waals surface area contributed by atoms with Gasteiger partial charge in [-0.25, -0.2) is 9.59 Å². The number of halogens is 1. The topological polar surface area (TPSA) is 184 Å². The first-order valence-electron chi connectivity index (χ1n) is 23.0. The van der Waals surface area contributed by atoms with Crippen LogP contribution in [0, 0.1) is 0 Å². The summed E-state index contributed by atoms with van der Waals surface area (Å²) in [6.07, 6.45) is 0.338. The van der Waals surface area contributed by atoms with Crippen LogP contribution in [-0.4, -0.2) is 106 Å². The first-order chi connectivity index (χ1) is 32.4. The summed E-state index contributed by atoms with van der Waals surface area (Å²) >= 11 is 6.67. The number of piperidine rings is 1. The number of hydrogen-bond donors (Lipinski definition) is 5. The van der Waals surface area contributed by atoms with Gasteiger partial charge < -0.3 is 43.8 Å². The number of anilines is 2. The summed E-state index contributed by atoms with van der Waals surface area (Å²) in [5.74, 6) is 0.462. The van der Waals surface area contributed by atoms with Crippen LogP contribution in [0.3, 0.4) is 0 Å². The maximum Gasteiger partial charge on any atom is 0.411 e. The number of fused-ring (bicyclic) bond motifs is 1. The molecule has 17 heteroatoms. The first-order valence-corrected chi connectivity index (χ1v) is 26.3. The highest BCUT2D eigenvalue weighted by Gasteiger charge is 2.40. The molecule has 15 nitrogen and oxygen atoms in total. The Morgan fingerprint density at radius 3 is 2.37 bits per heavy atom. The summed E-state index contributed by atoms with van der Waals surface area (Å²) in [5.41, 5.74) is 4.54. The van der Waals surface area contributed by atoms with Crippen molar-refractivity contribution in [2.45, 2.75) is 83.3 Å². The second kappa shape index (κ2) is 23.4. The molecule has 2 heterocycles. The van der Waals surface area contributed by atoms with Crippen molar-refractivity contribution in [3.05, 3.63) is 117 Å².